The van der Waals surface area contributed by atoms with Gasteiger partial charge in [-0.15, -0.1) is 11.3 Å². The van der Waals surface area contributed by atoms with Gasteiger partial charge in [0.25, 0.3) is 0 Å². The lowest BCUT2D eigenvalue weighted by atomic mass is 10.2. The molecule has 1 aliphatic heterocycles. The van der Waals surface area contributed by atoms with E-state index in [9.17, 15) is 0 Å². The molecule has 0 unspecified atom stereocenters. The fraction of sp³-hybridized carbons (Fsp3) is 0.273. The molecule has 3 heterocycles. The Morgan fingerprint density at radius 2 is 1.90 bits per heavy atom. The maximum absolute atomic E-state index is 5.98. The summed E-state index contributed by atoms with van der Waals surface area (Å²) < 4.78 is 1.23. The average molecular weight is 418 g/mol. The number of benzene rings is 2. The minimum Gasteiger partial charge on any atom is -0.368 e. The molecule has 0 saturated carbocycles. The van der Waals surface area contributed by atoms with Crippen molar-refractivity contribution in [2.24, 2.45) is 0 Å². The number of hydrogen-bond donors (Lipinski definition) is 2. The van der Waals surface area contributed by atoms with Crippen molar-refractivity contribution >= 4 is 39.1 Å². The summed E-state index contributed by atoms with van der Waals surface area (Å²) in [6.07, 6.45) is 2.23. The summed E-state index contributed by atoms with van der Waals surface area (Å²) in [6, 6.07) is 16.7. The Bertz CT molecular complexity index is 1140. The number of nitrogen functional groups attached to an aromatic ring is 1. The Hall–Kier alpha value is -3.10. The van der Waals surface area contributed by atoms with E-state index >= 15 is 0 Å². The zero-order chi connectivity index (χ0) is 20.5. The molecule has 0 spiro atoms. The number of nitrogens with one attached hydrogen (secondary N) is 1. The maximum atomic E-state index is 5.98. The first kappa shape index (κ1) is 18.9. The first-order valence-electron chi connectivity index (χ1n) is 10.1. The number of fused-ring (bicyclic) bond motifs is 1. The summed E-state index contributed by atoms with van der Waals surface area (Å²) in [6.45, 7) is 3.67. The molecule has 8 heteroatoms. The van der Waals surface area contributed by atoms with Crippen LogP contribution in [0.1, 0.15) is 35.3 Å². The van der Waals surface area contributed by atoms with Gasteiger partial charge in [0.1, 0.15) is 10.8 Å². The Morgan fingerprint density at radius 3 is 2.73 bits per heavy atom. The van der Waals surface area contributed by atoms with Gasteiger partial charge in [0, 0.05) is 5.69 Å². The van der Waals surface area contributed by atoms with Gasteiger partial charge in [0.2, 0.25) is 11.9 Å². The normalized spacial score (nSPS) is 16.9. The second kappa shape index (κ2) is 7.97. The van der Waals surface area contributed by atoms with E-state index in [2.05, 4.69) is 50.3 Å². The standard InChI is InChI=1S/C22H23N7S/c1-14-8-10-15(11-9-14)24-22-27-19(26-21(23)28-22)13-29-12-4-6-17(29)20-25-16-5-2-3-7-18(16)30-20/h2-3,5,7-11,17H,4,6,12-13H2,1H3,(H3,23,24,26,27,28)/t17-/m0/s1. The van der Waals surface area contributed by atoms with E-state index in [4.69, 9.17) is 10.7 Å². The molecule has 1 saturated heterocycles. The largest absolute Gasteiger partial charge is 0.368 e. The molecule has 1 atom stereocenters. The third kappa shape index (κ3) is 3.96. The number of aryl methyl sites for hydroxylation is 1. The lowest BCUT2D eigenvalue weighted by Gasteiger charge is -2.22. The van der Waals surface area contributed by atoms with Crippen LogP contribution in [0.2, 0.25) is 0 Å². The van der Waals surface area contributed by atoms with Crippen LogP contribution < -0.4 is 11.1 Å². The maximum Gasteiger partial charge on any atom is 0.232 e. The van der Waals surface area contributed by atoms with E-state index in [1.807, 2.05) is 30.3 Å². The van der Waals surface area contributed by atoms with Crippen molar-refractivity contribution in [3.05, 3.63) is 64.9 Å². The molecule has 0 amide bonds. The van der Waals surface area contributed by atoms with Crippen LogP contribution in [0.3, 0.4) is 0 Å². The van der Waals surface area contributed by atoms with Crippen LogP contribution in [0.4, 0.5) is 17.6 Å². The number of aromatic nitrogens is 4. The van der Waals surface area contributed by atoms with Crippen molar-refractivity contribution in [3.8, 4) is 0 Å². The third-order valence-electron chi connectivity index (χ3n) is 5.31. The number of thiazole rings is 1. The van der Waals surface area contributed by atoms with Crippen molar-refractivity contribution in [2.45, 2.75) is 32.4 Å². The molecule has 2 aromatic carbocycles. The highest BCUT2D eigenvalue weighted by atomic mass is 32.1. The highest BCUT2D eigenvalue weighted by Gasteiger charge is 2.29. The van der Waals surface area contributed by atoms with Crippen molar-refractivity contribution in [3.63, 3.8) is 0 Å². The van der Waals surface area contributed by atoms with Crippen LogP contribution in [0.25, 0.3) is 10.2 Å². The van der Waals surface area contributed by atoms with Crippen LogP contribution in [0.15, 0.2) is 48.5 Å². The quantitative estimate of drug-likeness (QED) is 0.495. The predicted octanol–water partition coefficient (Wildman–Crippen LogP) is 4.45. The SMILES string of the molecule is Cc1ccc(Nc2nc(N)nc(CN3CCC[C@H]3c3nc4ccccc4s3)n2)cc1. The van der Waals surface area contributed by atoms with Crippen molar-refractivity contribution < 1.29 is 0 Å². The Morgan fingerprint density at radius 1 is 1.07 bits per heavy atom. The fourth-order valence-electron chi connectivity index (χ4n) is 3.84. The van der Waals surface area contributed by atoms with Gasteiger partial charge in [-0.2, -0.15) is 15.0 Å². The molecular weight excluding hydrogens is 394 g/mol. The van der Waals surface area contributed by atoms with Crippen LogP contribution >= 0.6 is 11.3 Å². The number of likely N-dealkylation sites (tertiary alicyclic amines) is 1. The highest BCUT2D eigenvalue weighted by Crippen LogP contribution is 2.37. The summed E-state index contributed by atoms with van der Waals surface area (Å²) >= 11 is 1.78. The van der Waals surface area contributed by atoms with Gasteiger partial charge in [-0.25, -0.2) is 4.98 Å². The van der Waals surface area contributed by atoms with Crippen molar-refractivity contribution in [1.29, 1.82) is 0 Å². The summed E-state index contributed by atoms with van der Waals surface area (Å²) in [5.41, 5.74) is 9.17. The molecule has 7 nitrogen and oxygen atoms in total. The molecule has 30 heavy (non-hydrogen) atoms. The van der Waals surface area contributed by atoms with Crippen LogP contribution in [-0.4, -0.2) is 31.4 Å². The van der Waals surface area contributed by atoms with Gasteiger partial charge in [-0.3, -0.25) is 4.90 Å². The zero-order valence-corrected chi connectivity index (χ0v) is 17.6. The number of hydrogen-bond acceptors (Lipinski definition) is 8. The van der Waals surface area contributed by atoms with Gasteiger partial charge in [-0.05, 0) is 50.6 Å². The molecule has 3 N–H and O–H groups in total. The van der Waals surface area contributed by atoms with E-state index in [1.165, 1.54) is 10.3 Å². The Labute approximate surface area is 179 Å². The summed E-state index contributed by atoms with van der Waals surface area (Å²) in [5, 5.41) is 4.39. The number of anilines is 3. The molecule has 5 rings (SSSR count). The summed E-state index contributed by atoms with van der Waals surface area (Å²) in [5.74, 6) is 1.37. The number of nitrogens with two attached hydrogens (primary N) is 1. The monoisotopic (exact) mass is 417 g/mol. The molecule has 2 aromatic heterocycles. The van der Waals surface area contributed by atoms with E-state index < -0.39 is 0 Å². The number of rotatable bonds is 5. The average Bonchev–Trinajstić information content (AvgIpc) is 3.35. The number of nitrogens with zero attached hydrogens (tertiary/aromatic N) is 5. The second-order valence-corrected chi connectivity index (χ2v) is 8.64. The molecular formula is C22H23N7S. The van der Waals surface area contributed by atoms with Crippen LogP contribution in [0.5, 0.6) is 0 Å². The van der Waals surface area contributed by atoms with Crippen LogP contribution in [-0.2, 0) is 6.54 Å². The molecule has 1 fully saturated rings. The molecule has 152 valence electrons. The molecule has 0 bridgehead atoms. The fourth-order valence-corrected chi connectivity index (χ4v) is 4.98. The molecule has 0 radical (unpaired) electrons. The summed E-state index contributed by atoms with van der Waals surface area (Å²) in [4.78, 5) is 20.5. The van der Waals surface area contributed by atoms with E-state index in [1.54, 1.807) is 11.3 Å². The highest BCUT2D eigenvalue weighted by molar-refractivity contribution is 7.18. The number of para-hydroxylation sites is 1. The van der Waals surface area contributed by atoms with E-state index in [0.717, 1.165) is 35.6 Å². The molecule has 1 aliphatic rings. The molecule has 4 aromatic rings. The van der Waals surface area contributed by atoms with Crippen molar-refractivity contribution in [1.82, 2.24) is 24.8 Å². The van der Waals surface area contributed by atoms with E-state index in [0.29, 0.717) is 18.3 Å². The van der Waals surface area contributed by atoms with Gasteiger partial charge in [0.05, 0.1) is 22.8 Å². The van der Waals surface area contributed by atoms with Gasteiger partial charge in [-0.1, -0.05) is 29.8 Å². The topological polar surface area (TPSA) is 92.8 Å². The summed E-state index contributed by atoms with van der Waals surface area (Å²) in [7, 11) is 0. The van der Waals surface area contributed by atoms with Crippen molar-refractivity contribution in [2.75, 3.05) is 17.6 Å². The Balaban J connectivity index is 1.36. The second-order valence-electron chi connectivity index (χ2n) is 7.57. The smallest absolute Gasteiger partial charge is 0.232 e. The minimum atomic E-state index is 0.227. The molecule has 0 aliphatic carbocycles. The lowest BCUT2D eigenvalue weighted by Crippen LogP contribution is -2.24. The third-order valence-corrected chi connectivity index (χ3v) is 6.45. The van der Waals surface area contributed by atoms with Gasteiger partial charge >= 0.3 is 0 Å². The van der Waals surface area contributed by atoms with Gasteiger partial charge < -0.3 is 11.1 Å². The predicted molar refractivity (Wildman–Crippen MR) is 121 cm³/mol. The van der Waals surface area contributed by atoms with E-state index in [-0.39, 0.29) is 12.0 Å². The van der Waals surface area contributed by atoms with Crippen LogP contribution in [0, 0.1) is 6.92 Å². The first-order chi connectivity index (χ1) is 14.6. The van der Waals surface area contributed by atoms with Gasteiger partial charge in [0.15, 0.2) is 0 Å². The lowest BCUT2D eigenvalue weighted by molar-refractivity contribution is 0.242. The first-order valence-corrected chi connectivity index (χ1v) is 10.9. The zero-order valence-electron chi connectivity index (χ0n) is 16.7. The minimum absolute atomic E-state index is 0.227. The Kier molecular flexibility index (Phi) is 5.02.